The van der Waals surface area contributed by atoms with Gasteiger partial charge in [0.2, 0.25) is 5.91 Å². The van der Waals surface area contributed by atoms with Crippen molar-refractivity contribution in [3.63, 3.8) is 0 Å². The van der Waals surface area contributed by atoms with Crippen molar-refractivity contribution < 1.29 is 18.0 Å². The van der Waals surface area contributed by atoms with E-state index < -0.39 is 15.9 Å². The van der Waals surface area contributed by atoms with Crippen LogP contribution in [0.4, 0.5) is 0 Å². The Labute approximate surface area is 124 Å². The third-order valence-electron chi connectivity index (χ3n) is 3.31. The first-order valence-electron chi connectivity index (χ1n) is 6.74. The number of amides is 1. The summed E-state index contributed by atoms with van der Waals surface area (Å²) in [7, 11) is -3.86. The van der Waals surface area contributed by atoms with E-state index in [1.807, 2.05) is 6.92 Å². The molecule has 0 unspecified atom stereocenters. The zero-order chi connectivity index (χ0) is 15.5. The van der Waals surface area contributed by atoms with Crippen LogP contribution in [0, 0.1) is 6.92 Å². The SMILES string of the molecule is Cc1ccc(S(=O)(=O)N2C(=O)CC/C2=C\CCC=O)cc1. The Hall–Kier alpha value is -1.95. The quantitative estimate of drug-likeness (QED) is 0.617. The fourth-order valence-corrected chi connectivity index (χ4v) is 3.73. The van der Waals surface area contributed by atoms with E-state index in [0.717, 1.165) is 16.2 Å². The fourth-order valence-electron chi connectivity index (χ4n) is 2.21. The summed E-state index contributed by atoms with van der Waals surface area (Å²) < 4.78 is 26.1. The molecule has 6 heteroatoms. The van der Waals surface area contributed by atoms with Crippen LogP contribution in [0.1, 0.15) is 31.2 Å². The van der Waals surface area contributed by atoms with Crippen LogP contribution >= 0.6 is 0 Å². The lowest BCUT2D eigenvalue weighted by molar-refractivity contribution is -0.123. The van der Waals surface area contributed by atoms with Gasteiger partial charge in [0.25, 0.3) is 10.0 Å². The van der Waals surface area contributed by atoms with E-state index in [9.17, 15) is 18.0 Å². The molecule has 0 atom stereocenters. The average molecular weight is 307 g/mol. The molecule has 1 aliphatic rings. The van der Waals surface area contributed by atoms with Crippen molar-refractivity contribution in [2.45, 2.75) is 37.5 Å². The van der Waals surface area contributed by atoms with Crippen molar-refractivity contribution in [1.82, 2.24) is 4.31 Å². The Morgan fingerprint density at radius 1 is 1.14 bits per heavy atom. The average Bonchev–Trinajstić information content (AvgIpc) is 2.81. The van der Waals surface area contributed by atoms with Gasteiger partial charge in [-0.2, -0.15) is 0 Å². The second-order valence-electron chi connectivity index (χ2n) is 4.92. The van der Waals surface area contributed by atoms with E-state index in [1.165, 1.54) is 12.1 Å². The maximum atomic E-state index is 12.6. The van der Waals surface area contributed by atoms with Crippen LogP contribution in [0.15, 0.2) is 40.9 Å². The number of aryl methyl sites for hydroxylation is 1. The van der Waals surface area contributed by atoms with Gasteiger partial charge in [-0.15, -0.1) is 0 Å². The molecule has 1 amide bonds. The highest BCUT2D eigenvalue weighted by atomic mass is 32.2. The Balaban J connectivity index is 2.36. The van der Waals surface area contributed by atoms with E-state index in [-0.39, 0.29) is 11.3 Å². The van der Waals surface area contributed by atoms with Gasteiger partial charge in [-0.05, 0) is 31.9 Å². The predicted molar refractivity (Wildman–Crippen MR) is 77.8 cm³/mol. The minimum absolute atomic E-state index is 0.102. The molecular weight excluding hydrogens is 290 g/mol. The summed E-state index contributed by atoms with van der Waals surface area (Å²) in [5.41, 5.74) is 1.41. The largest absolute Gasteiger partial charge is 0.303 e. The van der Waals surface area contributed by atoms with Crippen molar-refractivity contribution in [3.8, 4) is 0 Å². The number of carbonyl (C=O) groups excluding carboxylic acids is 2. The summed E-state index contributed by atoms with van der Waals surface area (Å²) in [5.74, 6) is -0.423. The van der Waals surface area contributed by atoms with Crippen LogP contribution in [0.5, 0.6) is 0 Å². The van der Waals surface area contributed by atoms with E-state index in [4.69, 9.17) is 0 Å². The monoisotopic (exact) mass is 307 g/mol. The first-order valence-corrected chi connectivity index (χ1v) is 8.18. The van der Waals surface area contributed by atoms with Crippen molar-refractivity contribution in [2.75, 3.05) is 0 Å². The molecule has 5 nitrogen and oxygen atoms in total. The number of unbranched alkanes of at least 4 members (excludes halogenated alkanes) is 1. The molecule has 1 aromatic carbocycles. The molecule has 1 aromatic rings. The van der Waals surface area contributed by atoms with Gasteiger partial charge in [0.15, 0.2) is 0 Å². The number of allylic oxidation sites excluding steroid dienone is 2. The molecular formula is C15H17NO4S. The Morgan fingerprint density at radius 2 is 1.81 bits per heavy atom. The second kappa shape index (κ2) is 6.22. The fraction of sp³-hybridized carbons (Fsp3) is 0.333. The Morgan fingerprint density at radius 3 is 2.43 bits per heavy atom. The molecule has 1 aliphatic heterocycles. The highest BCUT2D eigenvalue weighted by Crippen LogP contribution is 2.30. The molecule has 0 aromatic heterocycles. The first kappa shape index (κ1) is 15.4. The van der Waals surface area contributed by atoms with Crippen LogP contribution in [-0.4, -0.2) is 24.9 Å². The van der Waals surface area contributed by atoms with E-state index in [0.29, 0.717) is 25.0 Å². The lowest BCUT2D eigenvalue weighted by Crippen LogP contribution is -2.30. The molecule has 0 spiro atoms. The van der Waals surface area contributed by atoms with Crippen molar-refractivity contribution in [3.05, 3.63) is 41.6 Å². The van der Waals surface area contributed by atoms with E-state index in [2.05, 4.69) is 0 Å². The molecule has 0 N–H and O–H groups in total. The molecule has 0 bridgehead atoms. The summed E-state index contributed by atoms with van der Waals surface area (Å²) in [6, 6.07) is 6.39. The maximum absolute atomic E-state index is 12.6. The van der Waals surface area contributed by atoms with Gasteiger partial charge < -0.3 is 4.79 Å². The minimum Gasteiger partial charge on any atom is -0.303 e. The zero-order valence-corrected chi connectivity index (χ0v) is 12.6. The molecule has 1 saturated heterocycles. The minimum atomic E-state index is -3.86. The molecule has 0 radical (unpaired) electrons. The van der Waals surface area contributed by atoms with Crippen LogP contribution in [0.25, 0.3) is 0 Å². The van der Waals surface area contributed by atoms with Crippen LogP contribution in [-0.2, 0) is 19.6 Å². The molecule has 1 heterocycles. The lowest BCUT2D eigenvalue weighted by atomic mass is 10.2. The van der Waals surface area contributed by atoms with Crippen LogP contribution in [0.3, 0.4) is 0 Å². The number of aldehydes is 1. The summed E-state index contributed by atoms with van der Waals surface area (Å²) in [6.07, 6.45) is 3.75. The maximum Gasteiger partial charge on any atom is 0.270 e. The topological polar surface area (TPSA) is 71.5 Å². The van der Waals surface area contributed by atoms with Crippen molar-refractivity contribution in [1.29, 1.82) is 0 Å². The summed E-state index contributed by atoms with van der Waals surface area (Å²) in [5, 5.41) is 0. The lowest BCUT2D eigenvalue weighted by Gasteiger charge is -2.18. The first-order chi connectivity index (χ1) is 9.96. The van der Waals surface area contributed by atoms with Gasteiger partial charge in [0, 0.05) is 18.5 Å². The third kappa shape index (κ3) is 3.21. The summed E-state index contributed by atoms with van der Waals surface area (Å²) in [6.45, 7) is 1.86. The summed E-state index contributed by atoms with van der Waals surface area (Å²) in [4.78, 5) is 22.4. The number of nitrogens with zero attached hydrogens (tertiary/aromatic N) is 1. The summed E-state index contributed by atoms with van der Waals surface area (Å²) >= 11 is 0. The number of hydrogen-bond acceptors (Lipinski definition) is 4. The number of sulfonamides is 1. The Kier molecular flexibility index (Phi) is 4.57. The second-order valence-corrected chi connectivity index (χ2v) is 6.70. The number of rotatable bonds is 5. The normalized spacial score (nSPS) is 17.5. The van der Waals surface area contributed by atoms with Crippen molar-refractivity contribution in [2.24, 2.45) is 0 Å². The van der Waals surface area contributed by atoms with Crippen LogP contribution in [0.2, 0.25) is 0 Å². The van der Waals surface area contributed by atoms with E-state index in [1.54, 1.807) is 18.2 Å². The van der Waals surface area contributed by atoms with Gasteiger partial charge in [-0.3, -0.25) is 4.79 Å². The van der Waals surface area contributed by atoms with Gasteiger partial charge in [0.05, 0.1) is 4.90 Å². The van der Waals surface area contributed by atoms with Gasteiger partial charge in [-0.25, -0.2) is 12.7 Å². The van der Waals surface area contributed by atoms with Crippen molar-refractivity contribution >= 4 is 22.2 Å². The smallest absolute Gasteiger partial charge is 0.270 e. The number of benzene rings is 1. The molecule has 0 saturated carbocycles. The highest BCUT2D eigenvalue weighted by molar-refractivity contribution is 7.89. The number of hydrogen-bond donors (Lipinski definition) is 0. The zero-order valence-electron chi connectivity index (χ0n) is 11.8. The van der Waals surface area contributed by atoms with E-state index >= 15 is 0 Å². The molecule has 112 valence electrons. The molecule has 1 fully saturated rings. The number of carbonyl (C=O) groups is 2. The van der Waals surface area contributed by atoms with Gasteiger partial charge in [0.1, 0.15) is 6.29 Å². The molecule has 2 rings (SSSR count). The predicted octanol–water partition coefficient (Wildman–Crippen LogP) is 2.17. The highest BCUT2D eigenvalue weighted by Gasteiger charge is 2.36. The third-order valence-corrected chi connectivity index (χ3v) is 5.09. The molecule has 21 heavy (non-hydrogen) atoms. The van der Waals surface area contributed by atoms with Gasteiger partial charge in [-0.1, -0.05) is 23.8 Å². The molecule has 0 aliphatic carbocycles. The standard InChI is InChI=1S/C15H17NO4S/c1-12-5-8-14(9-6-12)21(19,20)16-13(4-2-3-11-17)7-10-15(16)18/h4-6,8-9,11H,2-3,7,10H2,1H3/b13-4+. The van der Waals surface area contributed by atoms with Gasteiger partial charge >= 0.3 is 0 Å². The Bertz CT molecular complexity index is 674. The van der Waals surface area contributed by atoms with Crippen LogP contribution < -0.4 is 0 Å².